The summed E-state index contributed by atoms with van der Waals surface area (Å²) in [6.45, 7) is 2.82. The second-order valence-electron chi connectivity index (χ2n) is 5.42. The quantitative estimate of drug-likeness (QED) is 0.815. The average Bonchev–Trinajstić information content (AvgIpc) is 2.64. The van der Waals surface area contributed by atoms with Gasteiger partial charge in [0.1, 0.15) is 0 Å². The van der Waals surface area contributed by atoms with E-state index in [-0.39, 0.29) is 17.9 Å². The molecular formula is C16H22N2O3S. The van der Waals surface area contributed by atoms with Gasteiger partial charge in [0, 0.05) is 42.8 Å². The fourth-order valence-electron chi connectivity index (χ4n) is 2.37. The molecular weight excluding hydrogens is 300 g/mol. The first-order chi connectivity index (χ1) is 10.5. The highest BCUT2D eigenvalue weighted by Gasteiger charge is 2.20. The van der Waals surface area contributed by atoms with Crippen LogP contribution in [0.25, 0.3) is 0 Å². The van der Waals surface area contributed by atoms with Crippen molar-refractivity contribution >= 4 is 29.3 Å². The highest BCUT2D eigenvalue weighted by atomic mass is 32.2. The van der Waals surface area contributed by atoms with Crippen molar-refractivity contribution in [3.8, 4) is 0 Å². The molecule has 1 fully saturated rings. The van der Waals surface area contributed by atoms with E-state index in [1.165, 1.54) is 6.92 Å². The number of likely N-dealkylation sites (tertiary alicyclic amines) is 1. The van der Waals surface area contributed by atoms with Crippen LogP contribution in [-0.2, 0) is 9.59 Å². The number of hydrogen-bond acceptors (Lipinski definition) is 4. The van der Waals surface area contributed by atoms with Crippen LogP contribution in [0, 0.1) is 0 Å². The molecule has 0 aromatic heterocycles. The lowest BCUT2D eigenvalue weighted by Gasteiger charge is -2.20. The van der Waals surface area contributed by atoms with Gasteiger partial charge in [0.05, 0.1) is 6.10 Å². The smallest absolute Gasteiger partial charge is 0.222 e. The van der Waals surface area contributed by atoms with Crippen molar-refractivity contribution < 1.29 is 14.7 Å². The number of nitrogens with zero attached hydrogens (tertiary/aromatic N) is 1. The minimum atomic E-state index is -0.345. The maximum Gasteiger partial charge on any atom is 0.222 e. The Bertz CT molecular complexity index is 519. The topological polar surface area (TPSA) is 69.6 Å². The van der Waals surface area contributed by atoms with E-state index in [9.17, 15) is 14.7 Å². The molecule has 1 aromatic carbocycles. The summed E-state index contributed by atoms with van der Waals surface area (Å²) in [4.78, 5) is 25.8. The van der Waals surface area contributed by atoms with Crippen molar-refractivity contribution in [2.75, 3.05) is 24.2 Å². The van der Waals surface area contributed by atoms with E-state index in [1.807, 2.05) is 29.2 Å². The van der Waals surface area contributed by atoms with Gasteiger partial charge in [-0.1, -0.05) is 0 Å². The monoisotopic (exact) mass is 322 g/mol. The third kappa shape index (κ3) is 5.35. The number of hydrogen-bond donors (Lipinski definition) is 2. The highest BCUT2D eigenvalue weighted by Crippen LogP contribution is 2.21. The molecule has 0 radical (unpaired) electrons. The number of rotatable bonds is 5. The van der Waals surface area contributed by atoms with Gasteiger partial charge in [0.15, 0.2) is 0 Å². The number of thioether (sulfide) groups is 1. The average molecular weight is 322 g/mol. The molecule has 1 atom stereocenters. The minimum absolute atomic E-state index is 0.0812. The summed E-state index contributed by atoms with van der Waals surface area (Å²) in [5, 5.41) is 12.3. The summed E-state index contributed by atoms with van der Waals surface area (Å²) in [5.41, 5.74) is 0.786. The second-order valence-corrected chi connectivity index (χ2v) is 6.58. The summed E-state index contributed by atoms with van der Waals surface area (Å²) >= 11 is 1.68. The van der Waals surface area contributed by atoms with Crippen molar-refractivity contribution in [1.82, 2.24) is 4.90 Å². The van der Waals surface area contributed by atoms with E-state index >= 15 is 0 Å². The third-order valence-corrected chi connectivity index (χ3v) is 4.57. The van der Waals surface area contributed by atoms with Crippen molar-refractivity contribution in [2.24, 2.45) is 0 Å². The lowest BCUT2D eigenvalue weighted by Crippen LogP contribution is -2.32. The molecule has 22 heavy (non-hydrogen) atoms. The van der Waals surface area contributed by atoms with Crippen LogP contribution in [0.15, 0.2) is 29.2 Å². The fraction of sp³-hybridized carbons (Fsp3) is 0.500. The number of aliphatic hydroxyl groups excluding tert-OH is 1. The number of anilines is 1. The molecule has 1 aromatic rings. The first kappa shape index (κ1) is 16.8. The molecule has 1 aliphatic rings. The summed E-state index contributed by atoms with van der Waals surface area (Å²) < 4.78 is 0. The van der Waals surface area contributed by atoms with Crippen LogP contribution in [0.1, 0.15) is 26.2 Å². The minimum Gasteiger partial charge on any atom is -0.393 e. The van der Waals surface area contributed by atoms with E-state index in [4.69, 9.17) is 0 Å². The van der Waals surface area contributed by atoms with Crippen LogP contribution in [0.3, 0.4) is 0 Å². The third-order valence-electron chi connectivity index (χ3n) is 3.58. The summed E-state index contributed by atoms with van der Waals surface area (Å²) in [7, 11) is 0. The van der Waals surface area contributed by atoms with Crippen molar-refractivity contribution in [3.05, 3.63) is 24.3 Å². The van der Waals surface area contributed by atoms with Crippen molar-refractivity contribution in [2.45, 2.75) is 37.2 Å². The number of nitrogens with one attached hydrogen (secondary N) is 1. The number of carbonyl (C=O) groups excluding carboxylic acids is 2. The molecule has 6 heteroatoms. The van der Waals surface area contributed by atoms with E-state index in [0.29, 0.717) is 32.4 Å². The molecule has 1 heterocycles. The van der Waals surface area contributed by atoms with Gasteiger partial charge in [0.2, 0.25) is 11.8 Å². The largest absolute Gasteiger partial charge is 0.393 e. The maximum absolute atomic E-state index is 11.9. The molecule has 2 amide bonds. The van der Waals surface area contributed by atoms with E-state index in [2.05, 4.69) is 5.32 Å². The normalized spacial score (nSPS) is 18.9. The van der Waals surface area contributed by atoms with Gasteiger partial charge in [-0.05, 0) is 37.1 Å². The molecule has 120 valence electrons. The Balaban J connectivity index is 1.78. The van der Waals surface area contributed by atoms with Gasteiger partial charge >= 0.3 is 0 Å². The Morgan fingerprint density at radius 3 is 2.77 bits per heavy atom. The SMILES string of the molecule is CC(=O)Nc1ccc(SCCN2CC[C@@H](O)CCC2=O)cc1. The Hall–Kier alpha value is -1.53. The predicted molar refractivity (Wildman–Crippen MR) is 87.9 cm³/mol. The van der Waals surface area contributed by atoms with Crippen molar-refractivity contribution in [1.29, 1.82) is 0 Å². The van der Waals surface area contributed by atoms with Crippen LogP contribution in [0.4, 0.5) is 5.69 Å². The molecule has 5 nitrogen and oxygen atoms in total. The number of aliphatic hydroxyl groups is 1. The highest BCUT2D eigenvalue weighted by molar-refractivity contribution is 7.99. The molecule has 0 spiro atoms. The molecule has 0 saturated carbocycles. The molecule has 0 bridgehead atoms. The van der Waals surface area contributed by atoms with Crippen LogP contribution in [-0.4, -0.2) is 46.8 Å². The lowest BCUT2D eigenvalue weighted by atomic mass is 10.2. The Labute approximate surface area is 135 Å². The maximum atomic E-state index is 11.9. The Morgan fingerprint density at radius 2 is 2.09 bits per heavy atom. The van der Waals surface area contributed by atoms with E-state index in [0.717, 1.165) is 16.3 Å². The summed E-state index contributed by atoms with van der Waals surface area (Å²) in [5.74, 6) is 0.877. The van der Waals surface area contributed by atoms with Crippen LogP contribution in [0.5, 0.6) is 0 Å². The summed E-state index contributed by atoms with van der Waals surface area (Å²) in [6, 6.07) is 7.67. The summed E-state index contributed by atoms with van der Waals surface area (Å²) in [6.07, 6.45) is 1.34. The zero-order valence-electron chi connectivity index (χ0n) is 12.7. The molecule has 2 N–H and O–H groups in total. The van der Waals surface area contributed by atoms with Gasteiger partial charge in [-0.2, -0.15) is 0 Å². The standard InChI is InChI=1S/C16H22N2O3S/c1-12(19)17-13-2-5-15(6-3-13)22-11-10-18-9-8-14(20)4-7-16(18)21/h2-3,5-6,14,20H,4,7-11H2,1H3,(H,17,19)/t14-/m0/s1. The van der Waals surface area contributed by atoms with Gasteiger partial charge in [0.25, 0.3) is 0 Å². The van der Waals surface area contributed by atoms with Crippen LogP contribution >= 0.6 is 11.8 Å². The zero-order valence-corrected chi connectivity index (χ0v) is 13.6. The van der Waals surface area contributed by atoms with Gasteiger partial charge in [-0.3, -0.25) is 9.59 Å². The van der Waals surface area contributed by atoms with Gasteiger partial charge < -0.3 is 15.3 Å². The molecule has 2 rings (SSSR count). The van der Waals surface area contributed by atoms with Crippen LogP contribution in [0.2, 0.25) is 0 Å². The predicted octanol–water partition coefficient (Wildman–Crippen LogP) is 2.11. The first-order valence-corrected chi connectivity index (χ1v) is 8.49. The number of carbonyl (C=O) groups is 2. The molecule has 0 unspecified atom stereocenters. The second kappa shape index (κ2) is 8.19. The molecule has 0 aliphatic carbocycles. The van der Waals surface area contributed by atoms with Gasteiger partial charge in [-0.25, -0.2) is 0 Å². The Morgan fingerprint density at radius 1 is 1.36 bits per heavy atom. The molecule has 1 saturated heterocycles. The van der Waals surface area contributed by atoms with Gasteiger partial charge in [-0.15, -0.1) is 11.8 Å². The van der Waals surface area contributed by atoms with E-state index in [1.54, 1.807) is 11.8 Å². The number of benzene rings is 1. The lowest BCUT2D eigenvalue weighted by molar-refractivity contribution is -0.130. The first-order valence-electron chi connectivity index (χ1n) is 7.51. The van der Waals surface area contributed by atoms with E-state index < -0.39 is 0 Å². The van der Waals surface area contributed by atoms with Crippen molar-refractivity contribution in [3.63, 3.8) is 0 Å². The Kier molecular flexibility index (Phi) is 6.27. The molecule has 1 aliphatic heterocycles. The number of amides is 2. The fourth-order valence-corrected chi connectivity index (χ4v) is 3.25. The van der Waals surface area contributed by atoms with Crippen LogP contribution < -0.4 is 5.32 Å². The zero-order chi connectivity index (χ0) is 15.9.